The van der Waals surface area contributed by atoms with Crippen LogP contribution in [0.5, 0.6) is 0 Å². The van der Waals surface area contributed by atoms with Crippen LogP contribution in [0, 0.1) is 0 Å². The molecule has 2 aromatic rings. The van der Waals surface area contributed by atoms with Crippen molar-refractivity contribution in [3.8, 4) is 0 Å². The van der Waals surface area contributed by atoms with Crippen LogP contribution < -0.4 is 0 Å². The van der Waals surface area contributed by atoms with E-state index < -0.39 is 0 Å². The molecule has 0 spiro atoms. The largest absolute Gasteiger partial charge is 0.468 e. The summed E-state index contributed by atoms with van der Waals surface area (Å²) in [4.78, 5) is 4.72. The first-order chi connectivity index (χ1) is 8.40. The minimum Gasteiger partial charge on any atom is -0.468 e. The zero-order chi connectivity index (χ0) is 11.9. The smallest absolute Gasteiger partial charge is 0.294 e. The second-order valence-electron chi connectivity index (χ2n) is 3.33. The Morgan fingerprint density at radius 3 is 2.65 bits per heavy atom. The van der Waals surface area contributed by atoms with E-state index >= 15 is 0 Å². The summed E-state index contributed by atoms with van der Waals surface area (Å²) < 4.78 is 10.7. The van der Waals surface area contributed by atoms with Crippen LogP contribution in [0.1, 0.15) is 11.3 Å². The maximum Gasteiger partial charge on any atom is 0.294 e. The molecule has 4 heteroatoms. The summed E-state index contributed by atoms with van der Waals surface area (Å²) in [7, 11) is 1.47. The number of rotatable bonds is 4. The third kappa shape index (κ3) is 3.11. The molecule has 88 valence electrons. The fourth-order valence-electron chi connectivity index (χ4n) is 1.35. The summed E-state index contributed by atoms with van der Waals surface area (Å²) >= 11 is 0. The van der Waals surface area contributed by atoms with Crippen molar-refractivity contribution in [2.45, 2.75) is 6.61 Å². The maximum absolute atomic E-state index is 5.54. The molecule has 17 heavy (non-hydrogen) atoms. The lowest BCUT2D eigenvalue weighted by molar-refractivity contribution is 0.186. The van der Waals surface area contributed by atoms with E-state index in [0.717, 1.165) is 5.56 Å². The Morgan fingerprint density at radius 1 is 1.18 bits per heavy atom. The quantitative estimate of drug-likeness (QED) is 0.461. The van der Waals surface area contributed by atoms with Gasteiger partial charge in [0.15, 0.2) is 5.76 Å². The Morgan fingerprint density at radius 2 is 2.00 bits per heavy atom. The summed E-state index contributed by atoms with van der Waals surface area (Å²) in [5, 5.41) is 3.78. The molecule has 0 saturated heterocycles. The Bertz CT molecular complexity index is 463. The van der Waals surface area contributed by atoms with E-state index in [0.29, 0.717) is 18.3 Å². The van der Waals surface area contributed by atoms with Gasteiger partial charge in [-0.2, -0.15) is 0 Å². The summed E-state index contributed by atoms with van der Waals surface area (Å²) in [6.45, 7) is 0.420. The van der Waals surface area contributed by atoms with Crippen molar-refractivity contribution in [2.24, 2.45) is 5.16 Å². The normalized spacial score (nSPS) is 11.2. The number of nitrogens with zero attached hydrogens (tertiary/aromatic N) is 1. The summed E-state index contributed by atoms with van der Waals surface area (Å²) in [6.07, 6.45) is 1.56. The fraction of sp³-hybridized carbons (Fsp3) is 0.154. The van der Waals surface area contributed by atoms with Crippen molar-refractivity contribution >= 4 is 5.90 Å². The lowest BCUT2D eigenvalue weighted by Gasteiger charge is -2.06. The summed E-state index contributed by atoms with van der Waals surface area (Å²) in [5.41, 5.74) is 1.06. The van der Waals surface area contributed by atoms with E-state index in [1.807, 2.05) is 30.3 Å². The van der Waals surface area contributed by atoms with Crippen LogP contribution in [0.2, 0.25) is 0 Å². The standard InChI is InChI=1S/C13H13NO3/c1-15-14-13(12-8-5-9-16-12)17-10-11-6-3-2-4-7-11/h2-9H,10H2,1H3/b14-13-. The van der Waals surface area contributed by atoms with Crippen molar-refractivity contribution in [3.63, 3.8) is 0 Å². The van der Waals surface area contributed by atoms with E-state index in [2.05, 4.69) is 5.16 Å². The van der Waals surface area contributed by atoms with Gasteiger partial charge in [0, 0.05) is 0 Å². The molecule has 1 heterocycles. The number of furan rings is 1. The van der Waals surface area contributed by atoms with Gasteiger partial charge < -0.3 is 14.0 Å². The molecule has 0 unspecified atom stereocenters. The van der Waals surface area contributed by atoms with Crippen molar-refractivity contribution < 1.29 is 14.0 Å². The van der Waals surface area contributed by atoms with Gasteiger partial charge in [0.2, 0.25) is 0 Å². The predicted octanol–water partition coefficient (Wildman–Crippen LogP) is 2.80. The number of hydrogen-bond acceptors (Lipinski definition) is 4. The van der Waals surface area contributed by atoms with Gasteiger partial charge >= 0.3 is 0 Å². The van der Waals surface area contributed by atoms with Gasteiger partial charge in [-0.1, -0.05) is 30.3 Å². The van der Waals surface area contributed by atoms with Crippen LogP contribution in [-0.2, 0) is 16.2 Å². The lowest BCUT2D eigenvalue weighted by Crippen LogP contribution is -2.06. The van der Waals surface area contributed by atoms with Gasteiger partial charge in [0.05, 0.1) is 6.26 Å². The van der Waals surface area contributed by atoms with Crippen molar-refractivity contribution in [3.05, 3.63) is 60.1 Å². The minimum atomic E-state index is 0.335. The molecule has 0 aliphatic heterocycles. The Labute approximate surface area is 99.5 Å². The third-order valence-electron chi connectivity index (χ3n) is 2.12. The van der Waals surface area contributed by atoms with Gasteiger partial charge in [-0.25, -0.2) is 0 Å². The fourth-order valence-corrected chi connectivity index (χ4v) is 1.35. The van der Waals surface area contributed by atoms with Gasteiger partial charge in [0.25, 0.3) is 5.90 Å². The molecule has 2 rings (SSSR count). The lowest BCUT2D eigenvalue weighted by atomic mass is 10.2. The Balaban J connectivity index is 2.03. The maximum atomic E-state index is 5.54. The molecule has 0 radical (unpaired) electrons. The highest BCUT2D eigenvalue weighted by Crippen LogP contribution is 2.08. The van der Waals surface area contributed by atoms with Gasteiger partial charge in [0.1, 0.15) is 13.7 Å². The molecule has 0 saturated carbocycles. The summed E-state index contributed by atoms with van der Waals surface area (Å²) in [6, 6.07) is 13.4. The van der Waals surface area contributed by atoms with E-state index in [1.54, 1.807) is 18.4 Å². The van der Waals surface area contributed by atoms with Crippen LogP contribution in [0.25, 0.3) is 0 Å². The highest BCUT2D eigenvalue weighted by atomic mass is 16.6. The molecular weight excluding hydrogens is 218 g/mol. The molecule has 1 aromatic carbocycles. The van der Waals surface area contributed by atoms with Crippen LogP contribution in [0.4, 0.5) is 0 Å². The van der Waals surface area contributed by atoms with E-state index in [1.165, 1.54) is 7.11 Å². The molecular formula is C13H13NO3. The van der Waals surface area contributed by atoms with Crippen molar-refractivity contribution in [2.75, 3.05) is 7.11 Å². The number of ether oxygens (including phenoxy) is 1. The van der Waals surface area contributed by atoms with Gasteiger partial charge in [-0.3, -0.25) is 0 Å². The second kappa shape index (κ2) is 5.75. The molecule has 1 aromatic heterocycles. The Kier molecular flexibility index (Phi) is 3.81. The Hall–Kier alpha value is -2.23. The predicted molar refractivity (Wildman–Crippen MR) is 63.5 cm³/mol. The van der Waals surface area contributed by atoms with Crippen molar-refractivity contribution in [1.29, 1.82) is 0 Å². The first-order valence-corrected chi connectivity index (χ1v) is 5.22. The van der Waals surface area contributed by atoms with Crippen molar-refractivity contribution in [1.82, 2.24) is 0 Å². The third-order valence-corrected chi connectivity index (χ3v) is 2.12. The average Bonchev–Trinajstić information content (AvgIpc) is 2.89. The molecule has 4 nitrogen and oxygen atoms in total. The molecule has 0 amide bonds. The van der Waals surface area contributed by atoms with Crippen LogP contribution in [0.3, 0.4) is 0 Å². The molecule has 0 N–H and O–H groups in total. The molecule has 0 aliphatic rings. The van der Waals surface area contributed by atoms with Crippen LogP contribution in [0.15, 0.2) is 58.3 Å². The monoisotopic (exact) mass is 231 g/mol. The van der Waals surface area contributed by atoms with Gasteiger partial charge in [-0.05, 0) is 22.9 Å². The zero-order valence-corrected chi connectivity index (χ0v) is 9.50. The van der Waals surface area contributed by atoms with Crippen LogP contribution in [-0.4, -0.2) is 13.0 Å². The van der Waals surface area contributed by atoms with E-state index in [4.69, 9.17) is 14.0 Å². The van der Waals surface area contributed by atoms with Gasteiger partial charge in [-0.15, -0.1) is 0 Å². The average molecular weight is 231 g/mol. The number of hydrogen-bond donors (Lipinski definition) is 0. The minimum absolute atomic E-state index is 0.335. The zero-order valence-electron chi connectivity index (χ0n) is 9.50. The summed E-state index contributed by atoms with van der Waals surface area (Å²) in [5.74, 6) is 0.879. The topological polar surface area (TPSA) is 44.0 Å². The van der Waals surface area contributed by atoms with E-state index in [-0.39, 0.29) is 0 Å². The number of oxime groups is 1. The highest BCUT2D eigenvalue weighted by Gasteiger charge is 2.09. The van der Waals surface area contributed by atoms with E-state index in [9.17, 15) is 0 Å². The second-order valence-corrected chi connectivity index (χ2v) is 3.33. The molecule has 0 atom stereocenters. The van der Waals surface area contributed by atoms with Crippen LogP contribution >= 0.6 is 0 Å². The first kappa shape index (κ1) is 11.3. The highest BCUT2D eigenvalue weighted by molar-refractivity contribution is 5.90. The number of benzene rings is 1. The SMILES string of the molecule is CO/N=C(\OCc1ccccc1)c1ccco1. The molecule has 0 fully saturated rings. The first-order valence-electron chi connectivity index (χ1n) is 5.22. The molecule has 0 aliphatic carbocycles. The molecule has 0 bridgehead atoms.